The molecule has 0 aromatic heterocycles. The molecule has 0 aliphatic rings. The fraction of sp³-hybridized carbons (Fsp3) is 0.833. The monoisotopic (exact) mass is 688 g/mol. The lowest BCUT2D eigenvalue weighted by molar-refractivity contribution is -0.147. The predicted molar refractivity (Wildman–Crippen MR) is 211 cm³/mol. The minimum Gasteiger partial charge on any atom is -0.464 e. The van der Waals surface area contributed by atoms with Crippen LogP contribution in [0.25, 0.3) is 0 Å². The van der Waals surface area contributed by atoms with E-state index in [9.17, 15) is 14.4 Å². The SMILES string of the molecule is BCC(=O)N(CCOC(=O)CCCCCCC/C=C\CCCCCCCC)CCOC(=O)CCCCCCC/C=C\CCCCCCCC. The van der Waals surface area contributed by atoms with Crippen LogP contribution in [0.5, 0.6) is 0 Å². The van der Waals surface area contributed by atoms with Crippen molar-refractivity contribution in [2.45, 2.75) is 200 Å². The van der Waals surface area contributed by atoms with Gasteiger partial charge in [0.2, 0.25) is 5.91 Å². The molecule has 0 atom stereocenters. The van der Waals surface area contributed by atoms with Crippen molar-refractivity contribution in [1.82, 2.24) is 4.90 Å². The lowest BCUT2D eigenvalue weighted by atomic mass is 10.0. The van der Waals surface area contributed by atoms with Gasteiger partial charge in [0, 0.05) is 12.8 Å². The fourth-order valence-electron chi connectivity index (χ4n) is 5.95. The van der Waals surface area contributed by atoms with Gasteiger partial charge in [-0.1, -0.05) is 141 Å². The van der Waals surface area contributed by atoms with Gasteiger partial charge < -0.3 is 14.4 Å². The summed E-state index contributed by atoms with van der Waals surface area (Å²) in [6, 6.07) is 0. The van der Waals surface area contributed by atoms with Gasteiger partial charge in [-0.3, -0.25) is 14.4 Å². The summed E-state index contributed by atoms with van der Waals surface area (Å²) >= 11 is 0. The van der Waals surface area contributed by atoms with E-state index in [-0.39, 0.29) is 31.1 Å². The van der Waals surface area contributed by atoms with E-state index in [1.165, 1.54) is 116 Å². The molecule has 0 heterocycles. The van der Waals surface area contributed by atoms with Crippen LogP contribution in [0.3, 0.4) is 0 Å². The van der Waals surface area contributed by atoms with Crippen LogP contribution in [0.1, 0.15) is 194 Å². The summed E-state index contributed by atoms with van der Waals surface area (Å²) < 4.78 is 10.8. The Bertz CT molecular complexity index is 757. The summed E-state index contributed by atoms with van der Waals surface area (Å²) in [4.78, 5) is 38.3. The minimum absolute atomic E-state index is 0.0263. The predicted octanol–water partition coefficient (Wildman–Crippen LogP) is 11.0. The maximum atomic E-state index is 12.4. The van der Waals surface area contributed by atoms with Gasteiger partial charge in [-0.2, -0.15) is 0 Å². The average molecular weight is 688 g/mol. The van der Waals surface area contributed by atoms with E-state index in [0.29, 0.717) is 32.3 Å². The van der Waals surface area contributed by atoms with Crippen molar-refractivity contribution in [3.05, 3.63) is 24.3 Å². The fourth-order valence-corrected chi connectivity index (χ4v) is 5.95. The van der Waals surface area contributed by atoms with Gasteiger partial charge in [0.25, 0.3) is 0 Å². The van der Waals surface area contributed by atoms with Crippen molar-refractivity contribution in [2.75, 3.05) is 26.3 Å². The number of ether oxygens (including phenoxy) is 2. The Morgan fingerprint density at radius 2 is 0.776 bits per heavy atom. The smallest absolute Gasteiger partial charge is 0.305 e. The number of nitrogens with zero attached hydrogens (tertiary/aromatic N) is 1. The van der Waals surface area contributed by atoms with Gasteiger partial charge in [-0.15, -0.1) is 0 Å². The normalized spacial score (nSPS) is 11.5. The Morgan fingerprint density at radius 1 is 0.469 bits per heavy atom. The van der Waals surface area contributed by atoms with Crippen LogP contribution in [0.4, 0.5) is 0 Å². The molecule has 0 rings (SSSR count). The highest BCUT2D eigenvalue weighted by Crippen LogP contribution is 2.12. The summed E-state index contributed by atoms with van der Waals surface area (Å²) in [5.41, 5.74) is 0. The van der Waals surface area contributed by atoms with E-state index in [1.54, 1.807) is 4.90 Å². The zero-order valence-electron chi connectivity index (χ0n) is 32.6. The molecular weight excluding hydrogens is 609 g/mol. The third kappa shape index (κ3) is 35.6. The first-order chi connectivity index (χ1) is 24.0. The molecule has 0 aromatic rings. The van der Waals surface area contributed by atoms with Crippen LogP contribution in [0.15, 0.2) is 24.3 Å². The Balaban J connectivity index is 3.75. The lowest BCUT2D eigenvalue weighted by Gasteiger charge is -2.22. The number of amides is 1. The maximum Gasteiger partial charge on any atom is 0.305 e. The van der Waals surface area contributed by atoms with E-state index in [1.807, 2.05) is 7.85 Å². The Labute approximate surface area is 304 Å². The van der Waals surface area contributed by atoms with E-state index in [0.717, 1.165) is 51.4 Å². The highest BCUT2D eigenvalue weighted by molar-refractivity contribution is 6.19. The molecule has 0 N–H and O–H groups in total. The summed E-state index contributed by atoms with van der Waals surface area (Å²) in [5, 5.41) is 0. The topological polar surface area (TPSA) is 72.9 Å². The number of rotatable bonds is 37. The molecule has 0 saturated carbocycles. The van der Waals surface area contributed by atoms with Crippen LogP contribution in [-0.2, 0) is 23.9 Å². The lowest BCUT2D eigenvalue weighted by Crippen LogP contribution is -2.37. The van der Waals surface area contributed by atoms with E-state index in [4.69, 9.17) is 9.47 Å². The minimum atomic E-state index is -0.201. The Hall–Kier alpha value is -2.05. The highest BCUT2D eigenvalue weighted by Gasteiger charge is 2.13. The van der Waals surface area contributed by atoms with E-state index >= 15 is 0 Å². The second-order valence-electron chi connectivity index (χ2n) is 13.8. The molecular formula is C42H78BNO5. The molecule has 0 saturated heterocycles. The van der Waals surface area contributed by atoms with Crippen LogP contribution in [0.2, 0.25) is 6.32 Å². The van der Waals surface area contributed by atoms with Crippen LogP contribution in [-0.4, -0.2) is 56.9 Å². The largest absolute Gasteiger partial charge is 0.464 e. The van der Waals surface area contributed by atoms with Crippen molar-refractivity contribution in [2.24, 2.45) is 0 Å². The van der Waals surface area contributed by atoms with Gasteiger partial charge in [0.1, 0.15) is 21.1 Å². The second-order valence-corrected chi connectivity index (χ2v) is 13.8. The van der Waals surface area contributed by atoms with Crippen molar-refractivity contribution < 1.29 is 23.9 Å². The van der Waals surface area contributed by atoms with Crippen molar-refractivity contribution >= 4 is 25.7 Å². The molecule has 1 amide bonds. The summed E-state index contributed by atoms with van der Waals surface area (Å²) in [7, 11) is 1.81. The number of hydrogen-bond donors (Lipinski definition) is 0. The third-order valence-corrected chi connectivity index (χ3v) is 9.19. The molecule has 49 heavy (non-hydrogen) atoms. The summed E-state index contributed by atoms with van der Waals surface area (Å²) in [6.07, 6.45) is 42.4. The van der Waals surface area contributed by atoms with Crippen molar-refractivity contribution in [3.63, 3.8) is 0 Å². The molecule has 0 aromatic carbocycles. The third-order valence-electron chi connectivity index (χ3n) is 9.19. The van der Waals surface area contributed by atoms with Gasteiger partial charge in [0.05, 0.1) is 13.1 Å². The van der Waals surface area contributed by atoms with Crippen molar-refractivity contribution in [1.29, 1.82) is 0 Å². The van der Waals surface area contributed by atoms with Gasteiger partial charge in [-0.25, -0.2) is 0 Å². The Morgan fingerprint density at radius 3 is 1.10 bits per heavy atom. The van der Waals surface area contributed by atoms with Crippen LogP contribution < -0.4 is 0 Å². The number of hydrogen-bond acceptors (Lipinski definition) is 5. The number of esters is 2. The molecule has 0 radical (unpaired) electrons. The summed E-state index contributed by atoms with van der Waals surface area (Å²) in [6.45, 7) is 5.54. The molecule has 7 heteroatoms. The zero-order chi connectivity index (χ0) is 35.9. The first-order valence-corrected chi connectivity index (χ1v) is 20.9. The first-order valence-electron chi connectivity index (χ1n) is 20.9. The van der Waals surface area contributed by atoms with Crippen LogP contribution in [0, 0.1) is 0 Å². The molecule has 0 bridgehead atoms. The summed E-state index contributed by atoms with van der Waals surface area (Å²) in [5.74, 6) is -0.428. The van der Waals surface area contributed by atoms with Gasteiger partial charge >= 0.3 is 11.9 Å². The molecule has 0 aliphatic heterocycles. The maximum absolute atomic E-state index is 12.4. The van der Waals surface area contributed by atoms with Crippen LogP contribution >= 0.6 is 0 Å². The number of carbonyl (C=O) groups excluding carboxylic acids is 3. The molecule has 0 spiro atoms. The number of carbonyl (C=O) groups is 3. The second kappa shape index (κ2) is 38.8. The van der Waals surface area contributed by atoms with Crippen molar-refractivity contribution in [3.8, 4) is 0 Å². The average Bonchev–Trinajstić information content (AvgIpc) is 3.10. The molecule has 0 aliphatic carbocycles. The van der Waals surface area contributed by atoms with E-state index in [2.05, 4.69) is 38.2 Å². The first kappa shape index (κ1) is 47.0. The zero-order valence-corrected chi connectivity index (χ0v) is 32.6. The van der Waals surface area contributed by atoms with E-state index < -0.39 is 0 Å². The number of allylic oxidation sites excluding steroid dienone is 4. The Kier molecular flexibility index (Phi) is 37.1. The number of unbranched alkanes of at least 4 members (excludes halogenated alkanes) is 22. The molecule has 0 unspecified atom stereocenters. The standard InChI is InChI=1S/C42H78BNO5/c1-3-5-7-9-11-13-15-17-19-21-23-25-27-29-31-33-41(46)48-37-35-44(40(45)39-43)36-38-49-42(47)34-32-30-28-26-24-22-20-18-16-14-12-10-8-6-4-2/h17-20H,3-16,21-39,43H2,1-2H3/b19-17-,20-18-. The van der Waals surface area contributed by atoms with Gasteiger partial charge in [-0.05, 0) is 70.5 Å². The molecule has 284 valence electrons. The van der Waals surface area contributed by atoms with Gasteiger partial charge in [0.15, 0.2) is 0 Å². The quantitative estimate of drug-likeness (QED) is 0.0281. The molecule has 6 nitrogen and oxygen atoms in total. The highest BCUT2D eigenvalue weighted by atomic mass is 16.5. The molecule has 0 fully saturated rings.